The smallest absolute Gasteiger partial charge is 0.0695 e. The van der Waals surface area contributed by atoms with Gasteiger partial charge in [0.2, 0.25) is 0 Å². The zero-order valence-electron chi connectivity index (χ0n) is 9.82. The molecule has 0 amide bonds. The van der Waals surface area contributed by atoms with E-state index in [0.29, 0.717) is 12.5 Å². The van der Waals surface area contributed by atoms with Gasteiger partial charge in [0.05, 0.1) is 18.6 Å². The third-order valence-corrected chi connectivity index (χ3v) is 3.59. The summed E-state index contributed by atoms with van der Waals surface area (Å²) in [6.45, 7) is 2.10. The fourth-order valence-electron chi connectivity index (χ4n) is 2.52. The van der Waals surface area contributed by atoms with Gasteiger partial charge in [-0.25, -0.2) is 0 Å². The minimum Gasteiger partial charge on any atom is -0.391 e. The molecular weight excluding hydrogens is 188 g/mol. The predicted octanol–water partition coefficient (Wildman–Crippen LogP) is 1.91. The van der Waals surface area contributed by atoms with Crippen LogP contribution in [0.4, 0.5) is 0 Å². The van der Waals surface area contributed by atoms with Crippen LogP contribution in [0.25, 0.3) is 0 Å². The first-order valence-corrected chi connectivity index (χ1v) is 5.97. The number of aliphatic hydroxyl groups is 1. The first kappa shape index (κ1) is 12.5. The normalized spacial score (nSPS) is 28.7. The fraction of sp³-hybridized carbons (Fsp3) is 0.917. The Labute approximate surface area is 92.7 Å². The summed E-state index contributed by atoms with van der Waals surface area (Å²) >= 11 is 0. The quantitative estimate of drug-likeness (QED) is 0.771. The average molecular weight is 210 g/mol. The molecule has 3 heteroatoms. The van der Waals surface area contributed by atoms with Crippen molar-refractivity contribution in [3.63, 3.8) is 0 Å². The number of aliphatic hydroxyl groups excluding tert-OH is 1. The lowest BCUT2D eigenvalue weighted by molar-refractivity contribution is 0.0126. The van der Waals surface area contributed by atoms with Crippen molar-refractivity contribution < 1.29 is 5.11 Å². The Balaban J connectivity index is 2.56. The van der Waals surface area contributed by atoms with Crippen LogP contribution >= 0.6 is 0 Å². The molecular formula is C12H22N2O. The van der Waals surface area contributed by atoms with Gasteiger partial charge < -0.3 is 5.11 Å². The lowest BCUT2D eigenvalue weighted by atomic mass is 9.90. The molecule has 15 heavy (non-hydrogen) atoms. The highest BCUT2D eigenvalue weighted by Crippen LogP contribution is 2.25. The van der Waals surface area contributed by atoms with Crippen LogP contribution in [0, 0.1) is 11.3 Å². The second-order valence-corrected chi connectivity index (χ2v) is 4.51. The van der Waals surface area contributed by atoms with Gasteiger partial charge in [0.15, 0.2) is 0 Å². The summed E-state index contributed by atoms with van der Waals surface area (Å²) in [6.07, 6.45) is 5.67. The third-order valence-electron chi connectivity index (χ3n) is 3.59. The minimum atomic E-state index is -0.198. The Morgan fingerprint density at radius 3 is 2.67 bits per heavy atom. The Morgan fingerprint density at radius 1 is 1.47 bits per heavy atom. The van der Waals surface area contributed by atoms with Gasteiger partial charge in [-0.2, -0.15) is 5.26 Å². The van der Waals surface area contributed by atoms with Crippen LogP contribution < -0.4 is 0 Å². The molecule has 3 nitrogen and oxygen atoms in total. The van der Waals surface area contributed by atoms with Crippen molar-refractivity contribution in [3.8, 4) is 6.07 Å². The molecule has 0 aromatic rings. The Bertz CT molecular complexity index is 224. The maximum Gasteiger partial charge on any atom is 0.0695 e. The maximum atomic E-state index is 9.93. The molecule has 0 heterocycles. The molecule has 86 valence electrons. The Hall–Kier alpha value is -0.590. The van der Waals surface area contributed by atoms with Gasteiger partial charge in [0, 0.05) is 12.1 Å². The van der Waals surface area contributed by atoms with Gasteiger partial charge in [0.25, 0.3) is 0 Å². The molecule has 1 saturated carbocycles. The highest BCUT2D eigenvalue weighted by molar-refractivity contribution is 4.88. The minimum absolute atomic E-state index is 0.198. The van der Waals surface area contributed by atoms with Crippen molar-refractivity contribution in [2.45, 2.75) is 63.6 Å². The van der Waals surface area contributed by atoms with Crippen LogP contribution in [0.2, 0.25) is 0 Å². The van der Waals surface area contributed by atoms with E-state index in [1.165, 1.54) is 6.42 Å². The number of hydrogen-bond acceptors (Lipinski definition) is 3. The van der Waals surface area contributed by atoms with Gasteiger partial charge in [-0.3, -0.25) is 4.90 Å². The molecule has 1 aliphatic rings. The van der Waals surface area contributed by atoms with E-state index in [1.807, 2.05) is 7.05 Å². The molecule has 1 rings (SSSR count). The van der Waals surface area contributed by atoms with Gasteiger partial charge in [-0.15, -0.1) is 0 Å². The van der Waals surface area contributed by atoms with Crippen LogP contribution in [0.15, 0.2) is 0 Å². The Morgan fingerprint density at radius 2 is 2.13 bits per heavy atom. The number of hydrogen-bond donors (Lipinski definition) is 1. The monoisotopic (exact) mass is 210 g/mol. The summed E-state index contributed by atoms with van der Waals surface area (Å²) in [5.74, 6) is 0. The zero-order valence-corrected chi connectivity index (χ0v) is 9.82. The first-order chi connectivity index (χ1) is 7.20. The Kier molecular flexibility index (Phi) is 5.07. The highest BCUT2D eigenvalue weighted by Gasteiger charge is 2.29. The number of likely N-dealkylation sites (N-methyl/N-ethyl adjacent to an activating group) is 1. The molecule has 1 fully saturated rings. The zero-order chi connectivity index (χ0) is 11.3. The summed E-state index contributed by atoms with van der Waals surface area (Å²) < 4.78 is 0. The van der Waals surface area contributed by atoms with E-state index in [2.05, 4.69) is 17.9 Å². The van der Waals surface area contributed by atoms with Crippen molar-refractivity contribution in [2.75, 3.05) is 7.05 Å². The third kappa shape index (κ3) is 3.19. The summed E-state index contributed by atoms with van der Waals surface area (Å²) in [4.78, 5) is 2.22. The average Bonchev–Trinajstić information content (AvgIpc) is 2.25. The van der Waals surface area contributed by atoms with E-state index in [-0.39, 0.29) is 12.1 Å². The van der Waals surface area contributed by atoms with Crippen LogP contribution in [0.1, 0.15) is 45.4 Å². The highest BCUT2D eigenvalue weighted by atomic mass is 16.3. The largest absolute Gasteiger partial charge is 0.391 e. The van der Waals surface area contributed by atoms with Gasteiger partial charge in [0.1, 0.15) is 0 Å². The molecule has 0 saturated heterocycles. The predicted molar refractivity (Wildman–Crippen MR) is 60.3 cm³/mol. The standard InChI is InChI=1S/C12H22N2O/c1-3-10(8-9-13)14(2)11-6-4-5-7-12(11)15/h10-12,15H,3-8H2,1-2H3. The van der Waals surface area contributed by atoms with Crippen LogP contribution in [0.5, 0.6) is 0 Å². The number of nitriles is 1. The van der Waals surface area contributed by atoms with E-state index in [4.69, 9.17) is 5.26 Å². The van der Waals surface area contributed by atoms with Crippen LogP contribution in [0.3, 0.4) is 0 Å². The number of rotatable bonds is 4. The van der Waals surface area contributed by atoms with Crippen molar-refractivity contribution in [1.29, 1.82) is 5.26 Å². The second kappa shape index (κ2) is 6.09. The second-order valence-electron chi connectivity index (χ2n) is 4.51. The lowest BCUT2D eigenvalue weighted by Crippen LogP contribution is -2.47. The topological polar surface area (TPSA) is 47.3 Å². The first-order valence-electron chi connectivity index (χ1n) is 5.97. The summed E-state index contributed by atoms with van der Waals surface area (Å²) in [5, 5.41) is 18.7. The number of nitrogens with zero attached hydrogens (tertiary/aromatic N) is 2. The molecule has 0 radical (unpaired) electrons. The maximum absolute atomic E-state index is 9.93. The molecule has 3 unspecified atom stereocenters. The summed E-state index contributed by atoms with van der Waals surface area (Å²) in [5.41, 5.74) is 0. The van der Waals surface area contributed by atoms with Crippen molar-refractivity contribution in [2.24, 2.45) is 0 Å². The fourth-order valence-corrected chi connectivity index (χ4v) is 2.52. The summed E-state index contributed by atoms with van der Waals surface area (Å²) in [6, 6.07) is 2.79. The molecule has 0 aliphatic heterocycles. The molecule has 0 bridgehead atoms. The van der Waals surface area contributed by atoms with E-state index in [9.17, 15) is 5.11 Å². The van der Waals surface area contributed by atoms with E-state index < -0.39 is 0 Å². The van der Waals surface area contributed by atoms with Crippen molar-refractivity contribution >= 4 is 0 Å². The molecule has 0 aromatic carbocycles. The van der Waals surface area contributed by atoms with E-state index in [0.717, 1.165) is 25.7 Å². The molecule has 3 atom stereocenters. The molecule has 1 aliphatic carbocycles. The van der Waals surface area contributed by atoms with Crippen molar-refractivity contribution in [1.82, 2.24) is 4.90 Å². The van der Waals surface area contributed by atoms with E-state index >= 15 is 0 Å². The molecule has 0 aromatic heterocycles. The molecule has 1 N–H and O–H groups in total. The van der Waals surface area contributed by atoms with Gasteiger partial charge >= 0.3 is 0 Å². The molecule has 0 spiro atoms. The summed E-state index contributed by atoms with van der Waals surface area (Å²) in [7, 11) is 2.05. The van der Waals surface area contributed by atoms with E-state index in [1.54, 1.807) is 0 Å². The van der Waals surface area contributed by atoms with Crippen LogP contribution in [-0.2, 0) is 0 Å². The van der Waals surface area contributed by atoms with Gasteiger partial charge in [-0.05, 0) is 26.3 Å². The lowest BCUT2D eigenvalue weighted by Gasteiger charge is -2.39. The SMILES string of the molecule is CCC(CC#N)N(C)C1CCCCC1O. The van der Waals surface area contributed by atoms with Crippen LogP contribution in [-0.4, -0.2) is 35.2 Å². The van der Waals surface area contributed by atoms with Crippen molar-refractivity contribution in [3.05, 3.63) is 0 Å². The van der Waals surface area contributed by atoms with Gasteiger partial charge in [-0.1, -0.05) is 19.8 Å².